The number of ether oxygens (including phenoxy) is 2. The standard InChI is InChI=1S/C12H12FNO3/c1-3-17-12(15)6-8-5-11(16-2)10(13)4-9(8)7-14/h4-5H,3,6H2,1-2H3. The van der Waals surface area contributed by atoms with E-state index in [1.54, 1.807) is 6.92 Å². The van der Waals surface area contributed by atoms with Crippen LogP contribution >= 0.6 is 0 Å². The minimum Gasteiger partial charge on any atom is -0.494 e. The van der Waals surface area contributed by atoms with Crippen LogP contribution in [0.3, 0.4) is 0 Å². The van der Waals surface area contributed by atoms with Crippen molar-refractivity contribution in [2.75, 3.05) is 13.7 Å². The Bertz CT molecular complexity index is 466. The van der Waals surface area contributed by atoms with Gasteiger partial charge in [-0.15, -0.1) is 0 Å². The molecule has 0 saturated heterocycles. The summed E-state index contributed by atoms with van der Waals surface area (Å²) in [4.78, 5) is 11.3. The average molecular weight is 237 g/mol. The van der Waals surface area contributed by atoms with Crippen molar-refractivity contribution in [2.24, 2.45) is 0 Å². The molecule has 0 fully saturated rings. The predicted molar refractivity (Wildman–Crippen MR) is 58.0 cm³/mol. The van der Waals surface area contributed by atoms with Crippen LogP contribution in [0.4, 0.5) is 4.39 Å². The molecule has 17 heavy (non-hydrogen) atoms. The van der Waals surface area contributed by atoms with Crippen LogP contribution in [0.25, 0.3) is 0 Å². The fraction of sp³-hybridized carbons (Fsp3) is 0.333. The molecule has 0 aliphatic carbocycles. The molecule has 0 aromatic heterocycles. The predicted octanol–water partition coefficient (Wildman–Crippen LogP) is 1.81. The van der Waals surface area contributed by atoms with Gasteiger partial charge in [0.25, 0.3) is 0 Å². The first kappa shape index (κ1) is 13.0. The van der Waals surface area contributed by atoms with E-state index in [9.17, 15) is 9.18 Å². The molecule has 0 N–H and O–H groups in total. The van der Waals surface area contributed by atoms with Gasteiger partial charge < -0.3 is 9.47 Å². The highest BCUT2D eigenvalue weighted by atomic mass is 19.1. The molecule has 0 unspecified atom stereocenters. The third-order valence-electron chi connectivity index (χ3n) is 2.14. The highest BCUT2D eigenvalue weighted by molar-refractivity contribution is 5.73. The van der Waals surface area contributed by atoms with Gasteiger partial charge in [0.15, 0.2) is 11.6 Å². The van der Waals surface area contributed by atoms with E-state index in [0.717, 1.165) is 6.07 Å². The van der Waals surface area contributed by atoms with Crippen molar-refractivity contribution in [1.29, 1.82) is 5.26 Å². The van der Waals surface area contributed by atoms with Crippen LogP contribution in [0.15, 0.2) is 12.1 Å². The van der Waals surface area contributed by atoms with E-state index in [2.05, 4.69) is 0 Å². The molecule has 1 aromatic carbocycles. The van der Waals surface area contributed by atoms with Crippen molar-refractivity contribution in [3.63, 3.8) is 0 Å². The molecule has 0 heterocycles. The van der Waals surface area contributed by atoms with Crippen LogP contribution in [0.2, 0.25) is 0 Å². The van der Waals surface area contributed by atoms with Crippen LogP contribution in [-0.2, 0) is 16.0 Å². The Morgan fingerprint density at radius 3 is 2.76 bits per heavy atom. The number of benzene rings is 1. The largest absolute Gasteiger partial charge is 0.494 e. The van der Waals surface area contributed by atoms with Gasteiger partial charge in [0.05, 0.1) is 31.8 Å². The Labute approximate surface area is 98.6 Å². The van der Waals surface area contributed by atoms with Crippen molar-refractivity contribution < 1.29 is 18.7 Å². The molecule has 0 bridgehead atoms. The Kier molecular flexibility index (Phi) is 4.46. The lowest BCUT2D eigenvalue weighted by Crippen LogP contribution is -2.09. The minimum atomic E-state index is -0.628. The Morgan fingerprint density at radius 1 is 1.53 bits per heavy atom. The zero-order valence-corrected chi connectivity index (χ0v) is 9.62. The zero-order chi connectivity index (χ0) is 12.8. The summed E-state index contributed by atoms with van der Waals surface area (Å²) < 4.78 is 22.9. The number of hydrogen-bond acceptors (Lipinski definition) is 4. The molecule has 90 valence electrons. The van der Waals surface area contributed by atoms with Crippen molar-refractivity contribution in [2.45, 2.75) is 13.3 Å². The normalized spacial score (nSPS) is 9.53. The number of methoxy groups -OCH3 is 1. The zero-order valence-electron chi connectivity index (χ0n) is 9.62. The number of rotatable bonds is 4. The van der Waals surface area contributed by atoms with E-state index in [4.69, 9.17) is 14.7 Å². The van der Waals surface area contributed by atoms with E-state index < -0.39 is 11.8 Å². The van der Waals surface area contributed by atoms with Crippen molar-refractivity contribution in [3.8, 4) is 11.8 Å². The quantitative estimate of drug-likeness (QED) is 0.749. The summed E-state index contributed by atoms with van der Waals surface area (Å²) >= 11 is 0. The highest BCUT2D eigenvalue weighted by Crippen LogP contribution is 2.22. The summed E-state index contributed by atoms with van der Waals surface area (Å²) in [6, 6.07) is 4.22. The summed E-state index contributed by atoms with van der Waals surface area (Å²) in [6.45, 7) is 1.95. The van der Waals surface area contributed by atoms with Gasteiger partial charge >= 0.3 is 5.97 Å². The molecule has 0 atom stereocenters. The number of nitriles is 1. The molecule has 0 spiro atoms. The Hall–Kier alpha value is -2.09. The van der Waals surface area contributed by atoms with Crippen LogP contribution in [-0.4, -0.2) is 19.7 Å². The van der Waals surface area contributed by atoms with Gasteiger partial charge in [0.2, 0.25) is 0 Å². The first-order chi connectivity index (χ1) is 8.12. The van der Waals surface area contributed by atoms with Gasteiger partial charge in [-0.1, -0.05) is 0 Å². The fourth-order valence-corrected chi connectivity index (χ4v) is 1.37. The van der Waals surface area contributed by atoms with Gasteiger partial charge in [-0.25, -0.2) is 4.39 Å². The topological polar surface area (TPSA) is 59.3 Å². The van der Waals surface area contributed by atoms with E-state index in [-0.39, 0.29) is 24.3 Å². The van der Waals surface area contributed by atoms with Crippen molar-refractivity contribution in [3.05, 3.63) is 29.1 Å². The Morgan fingerprint density at radius 2 is 2.24 bits per heavy atom. The van der Waals surface area contributed by atoms with Crippen molar-refractivity contribution in [1.82, 2.24) is 0 Å². The second-order valence-electron chi connectivity index (χ2n) is 3.24. The summed E-state index contributed by atoms with van der Waals surface area (Å²) in [5.41, 5.74) is 0.501. The smallest absolute Gasteiger partial charge is 0.310 e. The van der Waals surface area contributed by atoms with E-state index in [0.29, 0.717) is 5.56 Å². The van der Waals surface area contributed by atoms with E-state index >= 15 is 0 Å². The first-order valence-corrected chi connectivity index (χ1v) is 5.04. The van der Waals surface area contributed by atoms with Crippen molar-refractivity contribution >= 4 is 5.97 Å². The SMILES string of the molecule is CCOC(=O)Cc1cc(OC)c(F)cc1C#N. The lowest BCUT2D eigenvalue weighted by Gasteiger charge is -2.07. The van der Waals surface area contributed by atoms with Crippen LogP contribution in [0.5, 0.6) is 5.75 Å². The highest BCUT2D eigenvalue weighted by Gasteiger charge is 2.13. The molecule has 0 aliphatic rings. The first-order valence-electron chi connectivity index (χ1n) is 5.04. The number of carbonyl (C=O) groups is 1. The molecular weight excluding hydrogens is 225 g/mol. The lowest BCUT2D eigenvalue weighted by atomic mass is 10.0. The third kappa shape index (κ3) is 3.18. The van der Waals surface area contributed by atoms with E-state index in [1.807, 2.05) is 6.07 Å². The Balaban J connectivity index is 3.05. The lowest BCUT2D eigenvalue weighted by molar-refractivity contribution is -0.142. The maximum absolute atomic E-state index is 13.3. The molecule has 0 radical (unpaired) electrons. The molecule has 5 heteroatoms. The monoisotopic (exact) mass is 237 g/mol. The fourth-order valence-electron chi connectivity index (χ4n) is 1.37. The van der Waals surface area contributed by atoms with Gasteiger partial charge in [0.1, 0.15) is 0 Å². The minimum absolute atomic E-state index is 0.00305. The van der Waals surface area contributed by atoms with Gasteiger partial charge in [-0.3, -0.25) is 4.79 Å². The number of halogens is 1. The number of carbonyl (C=O) groups excluding carboxylic acids is 1. The summed E-state index contributed by atoms with van der Waals surface area (Å²) in [6.07, 6.45) is -0.0760. The summed E-state index contributed by atoms with van der Waals surface area (Å²) in [5, 5.41) is 8.84. The molecule has 1 rings (SSSR count). The van der Waals surface area contributed by atoms with Gasteiger partial charge in [-0.05, 0) is 24.6 Å². The molecule has 0 amide bonds. The second-order valence-corrected chi connectivity index (χ2v) is 3.24. The molecule has 4 nitrogen and oxygen atoms in total. The maximum atomic E-state index is 13.3. The number of nitrogens with zero attached hydrogens (tertiary/aromatic N) is 1. The van der Waals surface area contributed by atoms with Gasteiger partial charge in [0, 0.05) is 0 Å². The van der Waals surface area contributed by atoms with Gasteiger partial charge in [-0.2, -0.15) is 5.26 Å². The molecule has 0 saturated carbocycles. The van der Waals surface area contributed by atoms with Crippen LogP contribution in [0.1, 0.15) is 18.1 Å². The van der Waals surface area contributed by atoms with Crippen LogP contribution < -0.4 is 4.74 Å². The second kappa shape index (κ2) is 5.85. The maximum Gasteiger partial charge on any atom is 0.310 e. The number of hydrogen-bond donors (Lipinski definition) is 0. The summed E-state index contributed by atoms with van der Waals surface area (Å²) in [7, 11) is 1.32. The third-order valence-corrected chi connectivity index (χ3v) is 2.14. The van der Waals surface area contributed by atoms with Crippen LogP contribution in [0, 0.1) is 17.1 Å². The molecule has 1 aromatic rings. The average Bonchev–Trinajstić information content (AvgIpc) is 2.31. The molecular formula is C12H12FNO3. The number of esters is 1. The van der Waals surface area contributed by atoms with E-state index in [1.165, 1.54) is 13.2 Å². The molecule has 0 aliphatic heterocycles. The summed E-state index contributed by atoms with van der Waals surface area (Å²) in [5.74, 6) is -1.09.